The van der Waals surface area contributed by atoms with Gasteiger partial charge in [-0.05, 0) is 42.2 Å². The maximum atomic E-state index is 6.17. The molecule has 1 nitrogen and oxygen atoms in total. The standard InChI is InChI=1S/C11H19OS.CH3.Al.ClH/c1-10(2)8-4-5-11(10,3)9(12)7(8)6-13;;;/h7-9,13H,4-6H2,1-3H3;1H3;;1H/q-1;;+1;. The number of hydrogen-bond donors (Lipinski definition) is 0. The largest absolute Gasteiger partial charge is 0.664 e. The zero-order chi connectivity index (χ0) is 12.1. The summed E-state index contributed by atoms with van der Waals surface area (Å²) in [5.41, 5.74) is 0.723. The van der Waals surface area contributed by atoms with Crippen LogP contribution in [0.4, 0.5) is 0 Å². The molecule has 4 heteroatoms. The highest BCUT2D eigenvalue weighted by Gasteiger charge is 2.65. The van der Waals surface area contributed by atoms with E-state index in [2.05, 4.69) is 39.2 Å². The molecular formula is C12H23AlClOS. The summed E-state index contributed by atoms with van der Waals surface area (Å²) >= 11 is 2.27. The van der Waals surface area contributed by atoms with Crippen molar-refractivity contribution >= 4 is 36.2 Å². The molecule has 0 amide bonds. The molecule has 93 valence electrons. The highest BCUT2D eigenvalue weighted by Crippen LogP contribution is 2.68. The van der Waals surface area contributed by atoms with Crippen LogP contribution in [0.25, 0.3) is 0 Å². The molecule has 0 aliphatic heterocycles. The summed E-state index contributed by atoms with van der Waals surface area (Å²) in [7, 11) is 6.17. The summed E-state index contributed by atoms with van der Waals surface area (Å²) in [6.45, 7) is 7.25. The Morgan fingerprint density at radius 2 is 2.06 bits per heavy atom. The number of hydrogen-bond acceptors (Lipinski definition) is 1. The van der Waals surface area contributed by atoms with Gasteiger partial charge in [0.15, 0.2) is 0 Å². The molecule has 0 spiro atoms. The van der Waals surface area contributed by atoms with Gasteiger partial charge in [0.1, 0.15) is 5.75 Å². The van der Waals surface area contributed by atoms with E-state index in [-0.39, 0.29) is 0 Å². The molecular weight excluding hydrogens is 255 g/mol. The second-order valence-corrected chi connectivity index (χ2v) is 9.86. The summed E-state index contributed by atoms with van der Waals surface area (Å²) in [6, 6.07) is 0. The molecule has 0 aromatic carbocycles. The van der Waals surface area contributed by atoms with Crippen molar-refractivity contribution in [3.05, 3.63) is 0 Å². The third-order valence-electron chi connectivity index (χ3n) is 5.48. The molecule has 0 aromatic heterocycles. The fourth-order valence-electron chi connectivity index (χ4n) is 4.21. The quantitative estimate of drug-likeness (QED) is 0.569. The third kappa shape index (κ3) is 1.70. The SMILES string of the molecule is [CH3][Al-]([Cl])[O]C1C(C[SH2+])C2CCC1(C)C2(C)C. The van der Waals surface area contributed by atoms with E-state index in [1.807, 2.05) is 0 Å². The topological polar surface area (TPSA) is 9.23 Å². The summed E-state index contributed by atoms with van der Waals surface area (Å²) in [6.07, 6.45) is 3.03. The lowest BCUT2D eigenvalue weighted by molar-refractivity contribution is 0.0148. The zero-order valence-electron chi connectivity index (χ0n) is 10.7. The summed E-state index contributed by atoms with van der Waals surface area (Å²) < 4.78 is 6.16. The van der Waals surface area contributed by atoms with Gasteiger partial charge in [-0.1, -0.05) is 20.8 Å². The van der Waals surface area contributed by atoms with Crippen LogP contribution in [0.3, 0.4) is 0 Å². The lowest BCUT2D eigenvalue weighted by atomic mass is 9.70. The molecule has 2 rings (SSSR count). The van der Waals surface area contributed by atoms with Gasteiger partial charge in [0.25, 0.3) is 13.6 Å². The number of fused-ring (bicyclic) bond motifs is 2. The average molecular weight is 278 g/mol. The van der Waals surface area contributed by atoms with E-state index in [0.29, 0.717) is 22.9 Å². The average Bonchev–Trinajstić information content (AvgIpc) is 2.48. The molecule has 0 saturated heterocycles. The Kier molecular flexibility index (Phi) is 3.69. The van der Waals surface area contributed by atoms with Gasteiger partial charge in [0, 0.05) is 12.0 Å². The minimum atomic E-state index is -1.46. The van der Waals surface area contributed by atoms with Crippen molar-refractivity contribution in [1.29, 1.82) is 0 Å². The molecule has 2 aliphatic rings. The Morgan fingerprint density at radius 1 is 1.44 bits per heavy atom. The Labute approximate surface area is 114 Å². The van der Waals surface area contributed by atoms with Gasteiger partial charge in [0.05, 0.1) is 0 Å². The highest BCUT2D eigenvalue weighted by atomic mass is 35.6. The van der Waals surface area contributed by atoms with Crippen molar-refractivity contribution in [2.45, 2.75) is 45.5 Å². The van der Waals surface area contributed by atoms with Crippen molar-refractivity contribution in [3.63, 3.8) is 0 Å². The van der Waals surface area contributed by atoms with Gasteiger partial charge in [-0.3, -0.25) is 0 Å². The monoisotopic (exact) mass is 277 g/mol. The normalized spacial score (nSPS) is 45.6. The second kappa shape index (κ2) is 4.35. The van der Waals surface area contributed by atoms with Crippen molar-refractivity contribution in [1.82, 2.24) is 0 Å². The fraction of sp³-hybridized carbons (Fsp3) is 1.00. The third-order valence-corrected chi connectivity index (χ3v) is 6.93. The van der Waals surface area contributed by atoms with Crippen LogP contribution in [-0.4, -0.2) is 25.4 Å². The molecule has 0 N–H and O–H groups in total. The molecule has 2 saturated carbocycles. The van der Waals surface area contributed by atoms with Crippen molar-refractivity contribution in [2.75, 3.05) is 5.75 Å². The Bertz CT molecular complexity index is 284. The van der Waals surface area contributed by atoms with Crippen molar-refractivity contribution in [3.8, 4) is 0 Å². The first kappa shape index (κ1) is 13.6. The smallest absolute Gasteiger partial charge is 0.259 e. The summed E-state index contributed by atoms with van der Waals surface area (Å²) in [5, 5.41) is 0. The maximum Gasteiger partial charge on any atom is 0.259 e. The van der Waals surface area contributed by atoms with Crippen LogP contribution in [0.1, 0.15) is 33.6 Å². The Balaban J connectivity index is 2.30. The highest BCUT2D eigenvalue weighted by molar-refractivity contribution is 7.58. The predicted octanol–water partition coefficient (Wildman–Crippen LogP) is 2.81. The number of halogens is 1. The van der Waals surface area contributed by atoms with Crippen molar-refractivity contribution in [2.24, 2.45) is 22.7 Å². The van der Waals surface area contributed by atoms with E-state index in [0.717, 1.165) is 11.7 Å². The van der Waals surface area contributed by atoms with Crippen LogP contribution < -0.4 is 0 Å². The van der Waals surface area contributed by atoms with E-state index < -0.39 is 13.6 Å². The van der Waals surface area contributed by atoms with Gasteiger partial charge in [-0.2, -0.15) is 5.79 Å². The van der Waals surface area contributed by atoms with E-state index >= 15 is 0 Å². The van der Waals surface area contributed by atoms with Crippen LogP contribution in [0, 0.1) is 22.7 Å². The number of rotatable bonds is 3. The maximum absolute atomic E-state index is 6.17. The van der Waals surface area contributed by atoms with Crippen molar-refractivity contribution < 1.29 is 3.79 Å². The van der Waals surface area contributed by atoms with Gasteiger partial charge in [-0.15, -0.1) is 0 Å². The minimum absolute atomic E-state index is 0.325. The molecule has 2 bridgehead atoms. The fourth-order valence-corrected chi connectivity index (χ4v) is 5.94. The molecule has 16 heavy (non-hydrogen) atoms. The van der Waals surface area contributed by atoms with E-state index in [9.17, 15) is 0 Å². The first-order valence-corrected chi connectivity index (χ1v) is 10.4. The van der Waals surface area contributed by atoms with Gasteiger partial charge >= 0.3 is 0 Å². The molecule has 4 atom stereocenters. The second-order valence-electron chi connectivity index (χ2n) is 6.25. The summed E-state index contributed by atoms with van der Waals surface area (Å²) in [4.78, 5) is 0. The van der Waals surface area contributed by atoms with Gasteiger partial charge in [-0.25, -0.2) is 0 Å². The Hall–Kier alpha value is 1.13. The molecule has 0 aromatic rings. The Morgan fingerprint density at radius 3 is 2.56 bits per heavy atom. The van der Waals surface area contributed by atoms with Crippen LogP contribution in [0.2, 0.25) is 5.79 Å². The van der Waals surface area contributed by atoms with Crippen LogP contribution in [0.5, 0.6) is 0 Å². The molecule has 2 fully saturated rings. The van der Waals surface area contributed by atoms with Crippen LogP contribution >= 0.6 is 10.0 Å². The van der Waals surface area contributed by atoms with E-state index in [1.54, 1.807) is 0 Å². The van der Waals surface area contributed by atoms with Gasteiger partial charge in [0.2, 0.25) is 0 Å². The lowest BCUT2D eigenvalue weighted by Gasteiger charge is -2.44. The van der Waals surface area contributed by atoms with Crippen LogP contribution in [0.15, 0.2) is 0 Å². The van der Waals surface area contributed by atoms with E-state index in [4.69, 9.17) is 13.8 Å². The zero-order valence-corrected chi connectivity index (χ0v) is 13.6. The first-order chi connectivity index (χ1) is 7.34. The molecule has 4 unspecified atom stereocenters. The minimum Gasteiger partial charge on any atom is -0.664 e. The van der Waals surface area contributed by atoms with Gasteiger partial charge < -0.3 is 13.8 Å². The predicted molar refractivity (Wildman–Crippen MR) is 75.5 cm³/mol. The lowest BCUT2D eigenvalue weighted by Crippen LogP contribution is -2.42. The summed E-state index contributed by atoms with van der Waals surface area (Å²) in [5.74, 6) is 4.56. The molecule has 1 radical (unpaired) electrons. The van der Waals surface area contributed by atoms with E-state index in [1.165, 1.54) is 12.8 Å². The molecule has 0 heterocycles. The van der Waals surface area contributed by atoms with Crippen LogP contribution in [-0.2, 0) is 16.4 Å². The first-order valence-electron chi connectivity index (χ1n) is 6.28. The molecule has 2 aliphatic carbocycles.